The van der Waals surface area contributed by atoms with Gasteiger partial charge in [-0.25, -0.2) is 0 Å². The SMILES string of the molecule is Cc1c(C(C)NCc2ccn(C)n2)sc2ccccc12. The Balaban J connectivity index is 1.78. The van der Waals surface area contributed by atoms with Crippen LogP contribution in [0.5, 0.6) is 0 Å². The molecule has 0 saturated heterocycles. The minimum atomic E-state index is 0.342. The number of rotatable bonds is 4. The maximum Gasteiger partial charge on any atom is 0.0762 e. The number of hydrogen-bond acceptors (Lipinski definition) is 3. The second-order valence-electron chi connectivity index (χ2n) is 5.17. The van der Waals surface area contributed by atoms with Crippen molar-refractivity contribution in [2.24, 2.45) is 7.05 Å². The molecule has 2 heterocycles. The second-order valence-corrected chi connectivity index (χ2v) is 6.25. The molecule has 4 heteroatoms. The average Bonchev–Trinajstić information content (AvgIpc) is 3.01. The highest BCUT2D eigenvalue weighted by molar-refractivity contribution is 7.19. The molecule has 2 aromatic heterocycles. The van der Waals surface area contributed by atoms with Gasteiger partial charge in [0.2, 0.25) is 0 Å². The van der Waals surface area contributed by atoms with Crippen LogP contribution in [0, 0.1) is 6.92 Å². The molecule has 0 saturated carbocycles. The van der Waals surface area contributed by atoms with Crippen molar-refractivity contribution in [3.05, 3.63) is 52.7 Å². The number of aromatic nitrogens is 2. The van der Waals surface area contributed by atoms with Crippen molar-refractivity contribution in [2.45, 2.75) is 26.4 Å². The van der Waals surface area contributed by atoms with Crippen LogP contribution in [0.1, 0.15) is 29.1 Å². The van der Waals surface area contributed by atoms with Gasteiger partial charge in [0.05, 0.1) is 5.69 Å². The first-order valence-corrected chi connectivity index (χ1v) is 7.66. The molecule has 3 nitrogen and oxygen atoms in total. The Labute approximate surface area is 123 Å². The summed E-state index contributed by atoms with van der Waals surface area (Å²) in [6.45, 7) is 5.24. The van der Waals surface area contributed by atoms with Gasteiger partial charge in [0.15, 0.2) is 0 Å². The summed E-state index contributed by atoms with van der Waals surface area (Å²) in [5, 5.41) is 9.34. The molecular weight excluding hydrogens is 266 g/mol. The van der Waals surface area contributed by atoms with Crippen molar-refractivity contribution in [2.75, 3.05) is 0 Å². The predicted molar refractivity (Wildman–Crippen MR) is 85.0 cm³/mol. The van der Waals surface area contributed by atoms with E-state index in [4.69, 9.17) is 0 Å². The lowest BCUT2D eigenvalue weighted by Gasteiger charge is -2.12. The van der Waals surface area contributed by atoms with E-state index in [9.17, 15) is 0 Å². The fraction of sp³-hybridized carbons (Fsp3) is 0.312. The molecule has 104 valence electrons. The van der Waals surface area contributed by atoms with Crippen LogP contribution in [0.25, 0.3) is 10.1 Å². The van der Waals surface area contributed by atoms with Gasteiger partial charge in [0.1, 0.15) is 0 Å². The van der Waals surface area contributed by atoms with Gasteiger partial charge in [-0.3, -0.25) is 4.68 Å². The third-order valence-electron chi connectivity index (χ3n) is 3.63. The second kappa shape index (κ2) is 5.38. The summed E-state index contributed by atoms with van der Waals surface area (Å²) in [5.74, 6) is 0. The van der Waals surface area contributed by atoms with E-state index in [0.29, 0.717) is 6.04 Å². The molecule has 0 radical (unpaired) electrons. The minimum absolute atomic E-state index is 0.342. The summed E-state index contributed by atoms with van der Waals surface area (Å²) >= 11 is 1.88. The number of hydrogen-bond donors (Lipinski definition) is 1. The lowest BCUT2D eigenvalue weighted by Crippen LogP contribution is -2.18. The Hall–Kier alpha value is -1.65. The Morgan fingerprint density at radius 3 is 2.80 bits per heavy atom. The zero-order valence-electron chi connectivity index (χ0n) is 12.1. The van der Waals surface area contributed by atoms with Crippen molar-refractivity contribution in [3.63, 3.8) is 0 Å². The molecule has 0 aliphatic carbocycles. The van der Waals surface area contributed by atoms with Gasteiger partial charge in [0, 0.05) is 35.4 Å². The first-order chi connectivity index (χ1) is 9.65. The number of nitrogens with one attached hydrogen (secondary N) is 1. The van der Waals surface area contributed by atoms with E-state index in [1.54, 1.807) is 0 Å². The van der Waals surface area contributed by atoms with E-state index < -0.39 is 0 Å². The Kier molecular flexibility index (Phi) is 3.59. The highest BCUT2D eigenvalue weighted by Gasteiger charge is 2.14. The van der Waals surface area contributed by atoms with Crippen LogP contribution in [0.2, 0.25) is 0 Å². The number of benzene rings is 1. The van der Waals surface area contributed by atoms with Crippen molar-refractivity contribution in [1.29, 1.82) is 0 Å². The lowest BCUT2D eigenvalue weighted by atomic mass is 10.1. The van der Waals surface area contributed by atoms with Gasteiger partial charge in [-0.1, -0.05) is 18.2 Å². The molecule has 0 amide bonds. The summed E-state index contributed by atoms with van der Waals surface area (Å²) in [4.78, 5) is 1.42. The first kappa shape index (κ1) is 13.3. The van der Waals surface area contributed by atoms with Crippen molar-refractivity contribution < 1.29 is 0 Å². The fourth-order valence-electron chi connectivity index (χ4n) is 2.51. The molecule has 0 fully saturated rings. The first-order valence-electron chi connectivity index (χ1n) is 6.85. The van der Waals surface area contributed by atoms with E-state index in [1.807, 2.05) is 29.3 Å². The molecule has 0 bridgehead atoms. The number of aryl methyl sites for hydroxylation is 2. The third-order valence-corrected chi connectivity index (χ3v) is 5.09. The lowest BCUT2D eigenvalue weighted by molar-refractivity contribution is 0.567. The van der Waals surface area contributed by atoms with Crippen LogP contribution in [0.4, 0.5) is 0 Å². The highest BCUT2D eigenvalue weighted by Crippen LogP contribution is 2.34. The Morgan fingerprint density at radius 1 is 1.30 bits per heavy atom. The Bertz CT molecular complexity index is 726. The number of nitrogens with zero attached hydrogens (tertiary/aromatic N) is 2. The molecule has 0 aliphatic rings. The van der Waals surface area contributed by atoms with Gasteiger partial charge in [-0.15, -0.1) is 11.3 Å². The largest absolute Gasteiger partial charge is 0.304 e. The standard InChI is InChI=1S/C16H19N3S/c1-11-14-6-4-5-7-15(14)20-16(11)12(2)17-10-13-8-9-19(3)18-13/h4-9,12,17H,10H2,1-3H3. The molecule has 0 spiro atoms. The van der Waals surface area contributed by atoms with Crippen LogP contribution in [0.3, 0.4) is 0 Å². The average molecular weight is 285 g/mol. The molecule has 1 unspecified atom stereocenters. The van der Waals surface area contributed by atoms with Gasteiger partial charge < -0.3 is 5.32 Å². The Morgan fingerprint density at radius 2 is 2.10 bits per heavy atom. The van der Waals surface area contributed by atoms with E-state index in [-0.39, 0.29) is 0 Å². The number of thiophene rings is 1. The highest BCUT2D eigenvalue weighted by atomic mass is 32.1. The molecule has 1 aromatic carbocycles. The van der Waals surface area contributed by atoms with Crippen molar-refractivity contribution in [1.82, 2.24) is 15.1 Å². The zero-order chi connectivity index (χ0) is 14.1. The maximum atomic E-state index is 4.40. The van der Waals surface area contributed by atoms with E-state index >= 15 is 0 Å². The zero-order valence-corrected chi connectivity index (χ0v) is 12.9. The molecule has 20 heavy (non-hydrogen) atoms. The van der Waals surface area contributed by atoms with Gasteiger partial charge in [-0.2, -0.15) is 5.10 Å². The fourth-order valence-corrected chi connectivity index (χ4v) is 3.75. The van der Waals surface area contributed by atoms with E-state index in [0.717, 1.165) is 12.2 Å². The van der Waals surface area contributed by atoms with E-state index in [2.05, 4.69) is 54.6 Å². The molecule has 0 aliphatic heterocycles. The number of fused-ring (bicyclic) bond motifs is 1. The quantitative estimate of drug-likeness (QED) is 0.790. The topological polar surface area (TPSA) is 29.9 Å². The molecule has 3 aromatic rings. The summed E-state index contributed by atoms with van der Waals surface area (Å²) in [6.07, 6.45) is 1.98. The predicted octanol–water partition coefficient (Wildman–Crippen LogP) is 3.79. The van der Waals surface area contributed by atoms with Crippen LogP contribution >= 0.6 is 11.3 Å². The molecule has 1 N–H and O–H groups in total. The monoisotopic (exact) mass is 285 g/mol. The van der Waals surface area contributed by atoms with Crippen LogP contribution in [-0.4, -0.2) is 9.78 Å². The third kappa shape index (κ3) is 2.49. The smallest absolute Gasteiger partial charge is 0.0762 e. The summed E-state index contributed by atoms with van der Waals surface area (Å²) in [7, 11) is 1.95. The maximum absolute atomic E-state index is 4.40. The van der Waals surface area contributed by atoms with Gasteiger partial charge in [-0.05, 0) is 36.9 Å². The van der Waals surface area contributed by atoms with Gasteiger partial charge >= 0.3 is 0 Å². The normalized spacial score (nSPS) is 12.9. The van der Waals surface area contributed by atoms with Crippen LogP contribution in [-0.2, 0) is 13.6 Å². The van der Waals surface area contributed by atoms with Crippen molar-refractivity contribution >= 4 is 21.4 Å². The summed E-state index contributed by atoms with van der Waals surface area (Å²) in [5.41, 5.74) is 2.48. The molecule has 1 atom stereocenters. The van der Waals surface area contributed by atoms with Crippen LogP contribution in [0.15, 0.2) is 36.5 Å². The molecule has 3 rings (SSSR count). The molecular formula is C16H19N3S. The summed E-state index contributed by atoms with van der Waals surface area (Å²) < 4.78 is 3.21. The minimum Gasteiger partial charge on any atom is -0.304 e. The van der Waals surface area contributed by atoms with Crippen LogP contribution < -0.4 is 5.32 Å². The summed E-state index contributed by atoms with van der Waals surface area (Å²) in [6, 6.07) is 11.0. The van der Waals surface area contributed by atoms with Gasteiger partial charge in [0.25, 0.3) is 0 Å². The van der Waals surface area contributed by atoms with E-state index in [1.165, 1.54) is 20.5 Å². The van der Waals surface area contributed by atoms with Crippen molar-refractivity contribution in [3.8, 4) is 0 Å².